The number of urea groups is 1. The maximum atomic E-state index is 13.7. The number of rotatable bonds is 4. The molecule has 4 rings (SSSR count). The van der Waals surface area contributed by atoms with E-state index in [2.05, 4.69) is 25.7 Å². The minimum Gasteiger partial charge on any atom is -0.355 e. The minimum absolute atomic E-state index is 0.233. The first-order valence-corrected chi connectivity index (χ1v) is 9.81. The topological polar surface area (TPSA) is 70.2 Å². The van der Waals surface area contributed by atoms with Crippen LogP contribution in [0.5, 0.6) is 0 Å². The molecule has 154 valence electrons. The third kappa shape index (κ3) is 4.71. The normalized spacial score (nSPS) is 13.7. The number of hydrogen-bond donors (Lipinski definition) is 2. The van der Waals surface area contributed by atoms with E-state index < -0.39 is 17.7 Å². The first-order chi connectivity index (χ1) is 14.6. The number of anilines is 3. The number of benzene rings is 2. The van der Waals surface area contributed by atoms with Crippen LogP contribution in [0.2, 0.25) is 0 Å². The molecule has 0 bridgehead atoms. The summed E-state index contributed by atoms with van der Waals surface area (Å²) in [6.45, 7) is 1.99. The van der Waals surface area contributed by atoms with E-state index in [1.807, 2.05) is 18.2 Å². The van der Waals surface area contributed by atoms with Crippen molar-refractivity contribution >= 4 is 23.2 Å². The molecule has 0 unspecified atom stereocenters. The van der Waals surface area contributed by atoms with E-state index in [4.69, 9.17) is 0 Å². The highest BCUT2D eigenvalue weighted by Crippen LogP contribution is 2.23. The average Bonchev–Trinajstić information content (AvgIpc) is 2.77. The van der Waals surface area contributed by atoms with Gasteiger partial charge >= 0.3 is 6.03 Å². The fourth-order valence-electron chi connectivity index (χ4n) is 3.41. The summed E-state index contributed by atoms with van der Waals surface area (Å²) in [5.41, 5.74) is 1.71. The van der Waals surface area contributed by atoms with Gasteiger partial charge in [-0.1, -0.05) is 12.1 Å². The van der Waals surface area contributed by atoms with Crippen LogP contribution < -0.4 is 15.5 Å². The van der Waals surface area contributed by atoms with Gasteiger partial charge in [0, 0.05) is 30.4 Å². The second-order valence-corrected chi connectivity index (χ2v) is 7.11. The zero-order chi connectivity index (χ0) is 20.9. The molecular weight excluding hydrogens is 388 g/mol. The number of halogens is 2. The lowest BCUT2D eigenvalue weighted by molar-refractivity contribution is 0.262. The molecule has 2 heterocycles. The van der Waals surface area contributed by atoms with Gasteiger partial charge in [-0.15, -0.1) is 10.2 Å². The Kier molecular flexibility index (Phi) is 5.83. The summed E-state index contributed by atoms with van der Waals surface area (Å²) in [6.07, 6.45) is 3.58. The van der Waals surface area contributed by atoms with Crippen molar-refractivity contribution in [3.05, 3.63) is 66.2 Å². The highest BCUT2D eigenvalue weighted by Gasteiger charge is 2.13. The van der Waals surface area contributed by atoms with E-state index in [1.54, 1.807) is 18.2 Å². The molecule has 1 fully saturated rings. The molecule has 2 aromatic carbocycles. The first-order valence-electron chi connectivity index (χ1n) is 9.81. The van der Waals surface area contributed by atoms with E-state index in [9.17, 15) is 13.6 Å². The third-order valence-electron chi connectivity index (χ3n) is 4.92. The van der Waals surface area contributed by atoms with Gasteiger partial charge < -0.3 is 15.5 Å². The van der Waals surface area contributed by atoms with Crippen LogP contribution in [0.3, 0.4) is 0 Å². The van der Waals surface area contributed by atoms with Crippen LogP contribution in [0.25, 0.3) is 11.3 Å². The number of nitrogens with one attached hydrogen (secondary N) is 2. The van der Waals surface area contributed by atoms with Crippen LogP contribution in [0.1, 0.15) is 19.3 Å². The van der Waals surface area contributed by atoms with Crippen LogP contribution in [0, 0.1) is 11.6 Å². The van der Waals surface area contributed by atoms with E-state index in [1.165, 1.54) is 19.3 Å². The van der Waals surface area contributed by atoms with Gasteiger partial charge in [-0.2, -0.15) is 0 Å². The summed E-state index contributed by atoms with van der Waals surface area (Å²) in [7, 11) is 0. The van der Waals surface area contributed by atoms with Crippen molar-refractivity contribution in [3.8, 4) is 11.3 Å². The molecule has 0 aliphatic carbocycles. The lowest BCUT2D eigenvalue weighted by Gasteiger charge is -2.27. The van der Waals surface area contributed by atoms with Crippen molar-refractivity contribution in [1.29, 1.82) is 0 Å². The fraction of sp³-hybridized carbons (Fsp3) is 0.227. The van der Waals surface area contributed by atoms with Crippen LogP contribution in [0.4, 0.5) is 30.8 Å². The van der Waals surface area contributed by atoms with E-state index in [-0.39, 0.29) is 5.69 Å². The SMILES string of the molecule is O=C(Nc1cccc(-c2ccc(N3CCCCC3)nn2)c1)Nc1cc(F)ccc1F. The van der Waals surface area contributed by atoms with Gasteiger partial charge in [0.15, 0.2) is 5.82 Å². The minimum atomic E-state index is -0.718. The monoisotopic (exact) mass is 409 g/mol. The molecule has 3 aromatic rings. The number of piperidine rings is 1. The summed E-state index contributed by atoms with van der Waals surface area (Å²) in [6, 6.07) is 13.1. The van der Waals surface area contributed by atoms with Gasteiger partial charge in [0.2, 0.25) is 0 Å². The van der Waals surface area contributed by atoms with Gasteiger partial charge in [-0.25, -0.2) is 13.6 Å². The van der Waals surface area contributed by atoms with E-state index >= 15 is 0 Å². The molecule has 6 nitrogen and oxygen atoms in total. The number of carbonyl (C=O) groups excluding carboxylic acids is 1. The van der Waals surface area contributed by atoms with E-state index in [0.717, 1.165) is 42.7 Å². The quantitative estimate of drug-likeness (QED) is 0.632. The summed E-state index contributed by atoms with van der Waals surface area (Å²) < 4.78 is 27.0. The van der Waals surface area contributed by atoms with Crippen LogP contribution in [-0.2, 0) is 0 Å². The van der Waals surface area contributed by atoms with Crippen molar-refractivity contribution in [3.63, 3.8) is 0 Å². The van der Waals surface area contributed by atoms with Gasteiger partial charge in [0.25, 0.3) is 0 Å². The lowest BCUT2D eigenvalue weighted by Crippen LogP contribution is -2.30. The lowest BCUT2D eigenvalue weighted by atomic mass is 10.1. The summed E-state index contributed by atoms with van der Waals surface area (Å²) in [4.78, 5) is 14.4. The summed E-state index contributed by atoms with van der Waals surface area (Å²) in [5, 5.41) is 13.6. The summed E-state index contributed by atoms with van der Waals surface area (Å²) in [5.74, 6) is -0.492. The molecule has 0 spiro atoms. The van der Waals surface area contributed by atoms with Crippen molar-refractivity contribution in [2.75, 3.05) is 28.6 Å². The van der Waals surface area contributed by atoms with Crippen molar-refractivity contribution in [1.82, 2.24) is 10.2 Å². The Hall–Kier alpha value is -3.55. The molecule has 30 heavy (non-hydrogen) atoms. The Morgan fingerprint density at radius 3 is 2.50 bits per heavy atom. The fourth-order valence-corrected chi connectivity index (χ4v) is 3.41. The van der Waals surface area contributed by atoms with Crippen LogP contribution in [-0.4, -0.2) is 29.3 Å². The zero-order valence-corrected chi connectivity index (χ0v) is 16.2. The standard InChI is InChI=1S/C22H21F2N5O/c23-16-7-8-18(24)20(14-16)26-22(30)25-17-6-4-5-15(13-17)19-9-10-21(28-27-19)29-11-2-1-3-12-29/h4-10,13-14H,1-3,11-12H2,(H2,25,26,30). The predicted molar refractivity (Wildman–Crippen MR) is 113 cm³/mol. The molecule has 1 saturated heterocycles. The molecule has 0 radical (unpaired) electrons. The maximum absolute atomic E-state index is 13.7. The van der Waals surface area contributed by atoms with Crippen LogP contribution >= 0.6 is 0 Å². The molecule has 2 amide bonds. The Morgan fingerprint density at radius 2 is 1.73 bits per heavy atom. The average molecular weight is 409 g/mol. The molecule has 1 aliphatic heterocycles. The molecule has 1 aromatic heterocycles. The first kappa shape index (κ1) is 19.8. The summed E-state index contributed by atoms with van der Waals surface area (Å²) >= 11 is 0. The van der Waals surface area contributed by atoms with Crippen molar-refractivity contribution < 1.29 is 13.6 Å². The molecule has 1 aliphatic rings. The Morgan fingerprint density at radius 1 is 0.900 bits per heavy atom. The Balaban J connectivity index is 1.44. The Labute approximate surface area is 172 Å². The van der Waals surface area contributed by atoms with Crippen molar-refractivity contribution in [2.24, 2.45) is 0 Å². The number of carbonyl (C=O) groups is 1. The third-order valence-corrected chi connectivity index (χ3v) is 4.92. The molecule has 2 N–H and O–H groups in total. The van der Waals surface area contributed by atoms with Gasteiger partial charge in [-0.05, 0) is 55.7 Å². The highest BCUT2D eigenvalue weighted by atomic mass is 19.1. The molecule has 0 atom stereocenters. The zero-order valence-electron chi connectivity index (χ0n) is 16.2. The largest absolute Gasteiger partial charge is 0.355 e. The second-order valence-electron chi connectivity index (χ2n) is 7.11. The van der Waals surface area contributed by atoms with E-state index in [0.29, 0.717) is 11.4 Å². The molecular formula is C22H21F2N5O. The maximum Gasteiger partial charge on any atom is 0.323 e. The highest BCUT2D eigenvalue weighted by molar-refractivity contribution is 6.00. The number of hydrogen-bond acceptors (Lipinski definition) is 4. The number of nitrogens with zero attached hydrogens (tertiary/aromatic N) is 3. The van der Waals surface area contributed by atoms with Gasteiger partial charge in [0.1, 0.15) is 11.6 Å². The van der Waals surface area contributed by atoms with Crippen molar-refractivity contribution in [2.45, 2.75) is 19.3 Å². The molecule has 8 heteroatoms. The Bertz CT molecular complexity index is 1040. The smallest absolute Gasteiger partial charge is 0.323 e. The van der Waals surface area contributed by atoms with Gasteiger partial charge in [0.05, 0.1) is 11.4 Å². The number of amides is 2. The van der Waals surface area contributed by atoms with Gasteiger partial charge in [-0.3, -0.25) is 0 Å². The second kappa shape index (κ2) is 8.86. The number of aromatic nitrogens is 2. The predicted octanol–water partition coefficient (Wildman–Crippen LogP) is 5.06. The molecule has 0 saturated carbocycles. The van der Waals surface area contributed by atoms with Crippen LogP contribution in [0.15, 0.2) is 54.6 Å².